The van der Waals surface area contributed by atoms with Gasteiger partial charge < -0.3 is 9.73 Å². The fourth-order valence-corrected chi connectivity index (χ4v) is 2.00. The number of nitrogens with zero attached hydrogens (tertiary/aromatic N) is 2. The van der Waals surface area contributed by atoms with E-state index in [2.05, 4.69) is 36.4 Å². The number of nitrogens with one attached hydrogen (secondary N) is 2. The van der Waals surface area contributed by atoms with Gasteiger partial charge in [-0.25, -0.2) is 4.98 Å². The monoisotopic (exact) mass is 306 g/mol. The molecule has 3 heterocycles. The normalized spacial score (nSPS) is 10.7. The molecule has 0 radical (unpaired) electrons. The minimum absolute atomic E-state index is 0.287. The Bertz CT molecular complexity index is 718. The number of halogens is 1. The molecule has 18 heavy (non-hydrogen) atoms. The molecule has 7 heteroatoms. The number of carbonyl (C=O) groups is 1. The van der Waals surface area contributed by atoms with E-state index in [0.29, 0.717) is 21.7 Å². The average molecular weight is 307 g/mol. The van der Waals surface area contributed by atoms with Crippen LogP contribution in [0.5, 0.6) is 0 Å². The van der Waals surface area contributed by atoms with Gasteiger partial charge in [-0.05, 0) is 34.1 Å². The molecule has 3 aromatic heterocycles. The van der Waals surface area contributed by atoms with Crippen molar-refractivity contribution in [3.8, 4) is 0 Å². The van der Waals surface area contributed by atoms with Gasteiger partial charge in [0.2, 0.25) is 0 Å². The third-order valence-electron chi connectivity index (χ3n) is 2.43. The van der Waals surface area contributed by atoms with Crippen LogP contribution in [0.25, 0.3) is 11.0 Å². The molecule has 90 valence electrons. The van der Waals surface area contributed by atoms with E-state index in [1.165, 1.54) is 6.26 Å². The summed E-state index contributed by atoms with van der Waals surface area (Å²) < 4.78 is 5.40. The van der Waals surface area contributed by atoms with E-state index in [4.69, 9.17) is 4.42 Å². The summed E-state index contributed by atoms with van der Waals surface area (Å²) in [6.07, 6.45) is 3.08. The van der Waals surface area contributed by atoms with E-state index >= 15 is 0 Å². The molecule has 0 spiro atoms. The number of furan rings is 1. The standard InChI is InChI=1S/C11H7BrN4O2/c12-8-6(3-5-18-8)11(17)14-10-7-2-1-4-13-9(7)15-16-10/h1-5H,(H2,13,14,15,16,17). The Hall–Kier alpha value is -2.15. The van der Waals surface area contributed by atoms with Crippen LogP contribution in [0, 0.1) is 0 Å². The Balaban J connectivity index is 1.93. The Morgan fingerprint density at radius 1 is 1.44 bits per heavy atom. The number of H-pyrrole nitrogens is 1. The SMILES string of the molecule is O=C(Nc1[nH]nc2ncccc12)c1ccoc1Br. The van der Waals surface area contributed by atoms with E-state index in [9.17, 15) is 4.79 Å². The summed E-state index contributed by atoms with van der Waals surface area (Å²) in [5.41, 5.74) is 0.973. The molecule has 0 unspecified atom stereocenters. The fourth-order valence-electron chi connectivity index (χ4n) is 1.58. The number of amides is 1. The van der Waals surface area contributed by atoms with Crippen LogP contribution in [0.1, 0.15) is 10.4 Å². The molecular weight excluding hydrogens is 300 g/mol. The lowest BCUT2D eigenvalue weighted by molar-refractivity contribution is 0.102. The fraction of sp³-hybridized carbons (Fsp3) is 0. The summed E-state index contributed by atoms with van der Waals surface area (Å²) in [4.78, 5) is 16.0. The zero-order valence-electron chi connectivity index (χ0n) is 8.98. The first-order valence-electron chi connectivity index (χ1n) is 5.09. The van der Waals surface area contributed by atoms with Gasteiger partial charge in [-0.1, -0.05) is 0 Å². The minimum Gasteiger partial charge on any atom is -0.457 e. The summed E-state index contributed by atoms with van der Waals surface area (Å²) in [5, 5.41) is 10.2. The van der Waals surface area contributed by atoms with Crippen molar-refractivity contribution >= 4 is 38.7 Å². The summed E-state index contributed by atoms with van der Waals surface area (Å²) in [6, 6.07) is 5.18. The van der Waals surface area contributed by atoms with Crippen LogP contribution in [-0.2, 0) is 0 Å². The number of aromatic amines is 1. The number of aromatic nitrogens is 3. The van der Waals surface area contributed by atoms with E-state index in [-0.39, 0.29) is 5.91 Å². The number of carbonyl (C=O) groups excluding carboxylic acids is 1. The Kier molecular flexibility index (Phi) is 2.60. The van der Waals surface area contributed by atoms with Gasteiger partial charge in [-0.3, -0.25) is 9.89 Å². The molecule has 3 aromatic rings. The Morgan fingerprint density at radius 2 is 2.33 bits per heavy atom. The van der Waals surface area contributed by atoms with Crippen LogP contribution in [-0.4, -0.2) is 21.1 Å². The van der Waals surface area contributed by atoms with Gasteiger partial charge in [0.1, 0.15) is 5.82 Å². The molecule has 0 aliphatic carbocycles. The smallest absolute Gasteiger partial charge is 0.261 e. The summed E-state index contributed by atoms with van der Waals surface area (Å²) in [6.45, 7) is 0. The van der Waals surface area contributed by atoms with Crippen molar-refractivity contribution in [2.24, 2.45) is 0 Å². The van der Waals surface area contributed by atoms with Crippen molar-refractivity contribution in [3.05, 3.63) is 40.9 Å². The van der Waals surface area contributed by atoms with Crippen LogP contribution in [0.2, 0.25) is 0 Å². The first kappa shape index (κ1) is 11.0. The highest BCUT2D eigenvalue weighted by Gasteiger charge is 2.15. The topological polar surface area (TPSA) is 83.8 Å². The minimum atomic E-state index is -0.287. The lowest BCUT2D eigenvalue weighted by atomic mass is 10.3. The third-order valence-corrected chi connectivity index (χ3v) is 3.04. The molecule has 0 aromatic carbocycles. The van der Waals surface area contributed by atoms with Crippen LogP contribution in [0.15, 0.2) is 39.7 Å². The van der Waals surface area contributed by atoms with Crippen LogP contribution >= 0.6 is 15.9 Å². The van der Waals surface area contributed by atoms with Gasteiger partial charge in [0.25, 0.3) is 5.91 Å². The van der Waals surface area contributed by atoms with E-state index < -0.39 is 0 Å². The number of anilines is 1. The maximum atomic E-state index is 12.0. The molecule has 1 amide bonds. The number of rotatable bonds is 2. The number of fused-ring (bicyclic) bond motifs is 1. The molecule has 2 N–H and O–H groups in total. The van der Waals surface area contributed by atoms with Crippen molar-refractivity contribution < 1.29 is 9.21 Å². The molecular formula is C11H7BrN4O2. The molecule has 0 saturated carbocycles. The highest BCUT2D eigenvalue weighted by molar-refractivity contribution is 9.10. The number of hydrogen-bond donors (Lipinski definition) is 2. The van der Waals surface area contributed by atoms with E-state index in [1.54, 1.807) is 18.3 Å². The summed E-state index contributed by atoms with van der Waals surface area (Å²) in [5.74, 6) is 0.223. The summed E-state index contributed by atoms with van der Waals surface area (Å²) in [7, 11) is 0. The number of hydrogen-bond acceptors (Lipinski definition) is 4. The third kappa shape index (κ3) is 1.78. The Labute approximate surface area is 110 Å². The van der Waals surface area contributed by atoms with Gasteiger partial charge >= 0.3 is 0 Å². The molecule has 0 bridgehead atoms. The average Bonchev–Trinajstić information content (AvgIpc) is 2.97. The lowest BCUT2D eigenvalue weighted by Crippen LogP contribution is -2.11. The number of pyridine rings is 1. The van der Waals surface area contributed by atoms with Gasteiger partial charge in [0.05, 0.1) is 17.2 Å². The lowest BCUT2D eigenvalue weighted by Gasteiger charge is -2.00. The van der Waals surface area contributed by atoms with Gasteiger partial charge in [-0.2, -0.15) is 5.10 Å². The predicted octanol–water partition coefficient (Wildman–Crippen LogP) is 2.57. The first-order valence-corrected chi connectivity index (χ1v) is 5.88. The summed E-state index contributed by atoms with van der Waals surface area (Å²) >= 11 is 3.16. The van der Waals surface area contributed by atoms with Crippen LogP contribution in [0.4, 0.5) is 5.82 Å². The zero-order valence-corrected chi connectivity index (χ0v) is 10.6. The van der Waals surface area contributed by atoms with Crippen LogP contribution < -0.4 is 5.32 Å². The second-order valence-corrected chi connectivity index (χ2v) is 4.26. The highest BCUT2D eigenvalue weighted by atomic mass is 79.9. The second-order valence-electron chi connectivity index (χ2n) is 3.54. The molecule has 6 nitrogen and oxygen atoms in total. The molecule has 0 atom stereocenters. The van der Waals surface area contributed by atoms with Crippen molar-refractivity contribution in [1.29, 1.82) is 0 Å². The van der Waals surface area contributed by atoms with Crippen molar-refractivity contribution in [2.75, 3.05) is 5.32 Å². The Morgan fingerprint density at radius 3 is 3.11 bits per heavy atom. The first-order chi connectivity index (χ1) is 8.75. The second kappa shape index (κ2) is 4.26. The molecule has 0 aliphatic heterocycles. The molecule has 0 aliphatic rings. The molecule has 0 saturated heterocycles. The zero-order chi connectivity index (χ0) is 12.5. The molecule has 0 fully saturated rings. The van der Waals surface area contributed by atoms with Gasteiger partial charge in [0.15, 0.2) is 10.3 Å². The maximum absolute atomic E-state index is 12.0. The van der Waals surface area contributed by atoms with Crippen molar-refractivity contribution in [3.63, 3.8) is 0 Å². The molecule has 3 rings (SSSR count). The van der Waals surface area contributed by atoms with Gasteiger partial charge in [-0.15, -0.1) is 0 Å². The predicted molar refractivity (Wildman–Crippen MR) is 68.2 cm³/mol. The van der Waals surface area contributed by atoms with E-state index in [0.717, 1.165) is 5.39 Å². The quantitative estimate of drug-likeness (QED) is 0.762. The highest BCUT2D eigenvalue weighted by Crippen LogP contribution is 2.21. The van der Waals surface area contributed by atoms with Crippen molar-refractivity contribution in [1.82, 2.24) is 15.2 Å². The maximum Gasteiger partial charge on any atom is 0.261 e. The van der Waals surface area contributed by atoms with Crippen LogP contribution in [0.3, 0.4) is 0 Å². The largest absolute Gasteiger partial charge is 0.457 e. The van der Waals surface area contributed by atoms with E-state index in [1.807, 2.05) is 6.07 Å². The van der Waals surface area contributed by atoms with Crippen molar-refractivity contribution in [2.45, 2.75) is 0 Å². The van der Waals surface area contributed by atoms with Gasteiger partial charge in [0, 0.05) is 6.20 Å².